The van der Waals surface area contributed by atoms with Gasteiger partial charge in [0.1, 0.15) is 23.6 Å². The number of ether oxygens (including phenoxy) is 1. The predicted molar refractivity (Wildman–Crippen MR) is 117 cm³/mol. The van der Waals surface area contributed by atoms with Gasteiger partial charge in [-0.15, -0.1) is 11.3 Å². The van der Waals surface area contributed by atoms with Gasteiger partial charge in [-0.3, -0.25) is 14.9 Å². The van der Waals surface area contributed by atoms with Crippen LogP contribution in [0.25, 0.3) is 10.8 Å². The molecule has 0 fully saturated rings. The van der Waals surface area contributed by atoms with Crippen LogP contribution >= 0.6 is 22.9 Å². The Morgan fingerprint density at radius 3 is 2.62 bits per heavy atom. The molecule has 2 heterocycles. The maximum Gasteiger partial charge on any atom is 0.339 e. The lowest BCUT2D eigenvalue weighted by molar-refractivity contribution is -0.384. The summed E-state index contributed by atoms with van der Waals surface area (Å²) in [6.07, 6.45) is 1.40. The maximum atomic E-state index is 13.0. The molecule has 0 amide bonds. The standard InChI is InChI=1S/C22H13ClN2O6S/c23-17-8-7-13(10-18(17)25(28)29)20(26)15-4-1-2-5-16(15)22(27)31-12-14-11-30-21(24-14)19-6-3-9-32-19/h1-11H,12H2. The molecule has 10 heteroatoms. The fraction of sp³-hybridized carbons (Fsp3) is 0.0455. The summed E-state index contributed by atoms with van der Waals surface area (Å²) < 4.78 is 10.7. The molecule has 4 aromatic rings. The van der Waals surface area contributed by atoms with E-state index in [9.17, 15) is 19.7 Å². The molecule has 0 N–H and O–H groups in total. The number of hydrogen-bond acceptors (Lipinski definition) is 8. The van der Waals surface area contributed by atoms with Gasteiger partial charge in [-0.2, -0.15) is 0 Å². The third-order valence-corrected chi connectivity index (χ3v) is 5.61. The van der Waals surface area contributed by atoms with E-state index in [1.165, 1.54) is 41.9 Å². The van der Waals surface area contributed by atoms with Crippen LogP contribution in [0.3, 0.4) is 0 Å². The number of nitrogens with zero attached hydrogens (tertiary/aromatic N) is 2. The molecule has 0 bridgehead atoms. The molecule has 0 radical (unpaired) electrons. The van der Waals surface area contributed by atoms with E-state index in [4.69, 9.17) is 20.8 Å². The summed E-state index contributed by atoms with van der Waals surface area (Å²) in [5.41, 5.74) is 0.119. The number of oxazole rings is 1. The molecule has 4 rings (SSSR count). The van der Waals surface area contributed by atoms with Crippen molar-refractivity contribution >= 4 is 40.4 Å². The summed E-state index contributed by atoms with van der Waals surface area (Å²) >= 11 is 7.28. The van der Waals surface area contributed by atoms with Crippen LogP contribution in [0.2, 0.25) is 5.02 Å². The minimum absolute atomic E-state index is 0.0251. The largest absolute Gasteiger partial charge is 0.455 e. The SMILES string of the molecule is O=C(OCc1coc(-c2cccs2)n1)c1ccccc1C(=O)c1ccc(Cl)c([N+](=O)[O-])c1. The van der Waals surface area contributed by atoms with E-state index in [-0.39, 0.29) is 28.3 Å². The first kappa shape index (κ1) is 21.4. The lowest BCUT2D eigenvalue weighted by atomic mass is 9.98. The zero-order chi connectivity index (χ0) is 22.7. The number of carbonyl (C=O) groups excluding carboxylic acids is 2. The maximum absolute atomic E-state index is 13.0. The fourth-order valence-corrected chi connectivity index (χ4v) is 3.75. The minimum atomic E-state index is -0.738. The molecular formula is C22H13ClN2O6S. The van der Waals surface area contributed by atoms with Gasteiger partial charge in [0, 0.05) is 17.2 Å². The number of nitro groups is 1. The summed E-state index contributed by atoms with van der Waals surface area (Å²) in [4.78, 5) is 41.2. The molecular weight excluding hydrogens is 456 g/mol. The number of halogens is 1. The Kier molecular flexibility index (Phi) is 6.11. The number of aromatic nitrogens is 1. The molecule has 0 saturated heterocycles. The van der Waals surface area contributed by atoms with Gasteiger partial charge in [0.05, 0.1) is 15.4 Å². The molecule has 32 heavy (non-hydrogen) atoms. The molecule has 0 atom stereocenters. The lowest BCUT2D eigenvalue weighted by Gasteiger charge is -2.09. The van der Waals surface area contributed by atoms with E-state index in [0.717, 1.165) is 10.9 Å². The normalized spacial score (nSPS) is 10.7. The summed E-state index contributed by atoms with van der Waals surface area (Å²) in [7, 11) is 0. The van der Waals surface area contributed by atoms with Crippen LogP contribution in [-0.4, -0.2) is 21.7 Å². The molecule has 0 aliphatic carbocycles. The number of rotatable bonds is 7. The molecule has 2 aromatic heterocycles. The van der Waals surface area contributed by atoms with Crippen molar-refractivity contribution in [3.05, 3.63) is 104 Å². The van der Waals surface area contributed by atoms with Crippen molar-refractivity contribution in [2.75, 3.05) is 0 Å². The third kappa shape index (κ3) is 4.43. The molecule has 160 valence electrons. The van der Waals surface area contributed by atoms with Crippen molar-refractivity contribution in [2.24, 2.45) is 0 Å². The summed E-state index contributed by atoms with van der Waals surface area (Å²) in [6, 6.07) is 13.5. The average Bonchev–Trinajstić information content (AvgIpc) is 3.49. The molecule has 0 spiro atoms. The van der Waals surface area contributed by atoms with Gasteiger partial charge in [0.15, 0.2) is 5.78 Å². The van der Waals surface area contributed by atoms with Crippen LogP contribution in [0.15, 0.2) is 70.7 Å². The van der Waals surface area contributed by atoms with Crippen molar-refractivity contribution in [1.82, 2.24) is 4.98 Å². The second-order valence-corrected chi connectivity index (χ2v) is 7.85. The van der Waals surface area contributed by atoms with Crippen LogP contribution < -0.4 is 0 Å². The monoisotopic (exact) mass is 468 g/mol. The van der Waals surface area contributed by atoms with E-state index >= 15 is 0 Å². The zero-order valence-electron chi connectivity index (χ0n) is 16.2. The number of esters is 1. The second-order valence-electron chi connectivity index (χ2n) is 6.50. The zero-order valence-corrected chi connectivity index (χ0v) is 17.8. The Balaban J connectivity index is 1.53. The lowest BCUT2D eigenvalue weighted by Crippen LogP contribution is -2.13. The first-order valence-corrected chi connectivity index (χ1v) is 10.4. The highest BCUT2D eigenvalue weighted by Crippen LogP contribution is 2.27. The van der Waals surface area contributed by atoms with Gasteiger partial charge in [0.25, 0.3) is 5.69 Å². The van der Waals surface area contributed by atoms with Gasteiger partial charge in [-0.25, -0.2) is 9.78 Å². The van der Waals surface area contributed by atoms with Gasteiger partial charge in [-0.05, 0) is 29.6 Å². The third-order valence-electron chi connectivity index (χ3n) is 4.43. The fourth-order valence-electron chi connectivity index (χ4n) is 2.91. The molecule has 0 aliphatic heterocycles. The second kappa shape index (κ2) is 9.13. The van der Waals surface area contributed by atoms with Gasteiger partial charge in [-0.1, -0.05) is 35.9 Å². The van der Waals surface area contributed by atoms with Crippen molar-refractivity contribution < 1.29 is 23.7 Å². The molecule has 0 unspecified atom stereocenters. The number of nitro benzene ring substituents is 1. The van der Waals surface area contributed by atoms with E-state index in [0.29, 0.717) is 11.6 Å². The average molecular weight is 469 g/mol. The van der Waals surface area contributed by atoms with Crippen LogP contribution in [0.4, 0.5) is 5.69 Å². The number of ketones is 1. The van der Waals surface area contributed by atoms with Crippen LogP contribution in [0, 0.1) is 10.1 Å². The van der Waals surface area contributed by atoms with Crippen molar-refractivity contribution in [1.29, 1.82) is 0 Å². The van der Waals surface area contributed by atoms with E-state index in [1.807, 2.05) is 17.5 Å². The number of carbonyl (C=O) groups is 2. The highest BCUT2D eigenvalue weighted by molar-refractivity contribution is 7.13. The summed E-state index contributed by atoms with van der Waals surface area (Å²) in [6.45, 7) is -0.150. The quantitative estimate of drug-likeness (QED) is 0.151. The number of benzene rings is 2. The Morgan fingerprint density at radius 2 is 1.91 bits per heavy atom. The first-order valence-electron chi connectivity index (χ1n) is 9.17. The highest BCUT2D eigenvalue weighted by atomic mass is 35.5. The van der Waals surface area contributed by atoms with Crippen LogP contribution in [-0.2, 0) is 11.3 Å². The minimum Gasteiger partial charge on any atom is -0.455 e. The number of thiophene rings is 1. The van der Waals surface area contributed by atoms with Gasteiger partial charge in [0.2, 0.25) is 5.89 Å². The predicted octanol–water partition coefficient (Wildman–Crippen LogP) is 5.55. The molecule has 8 nitrogen and oxygen atoms in total. The van der Waals surface area contributed by atoms with E-state index in [1.54, 1.807) is 12.1 Å². The highest BCUT2D eigenvalue weighted by Gasteiger charge is 2.22. The van der Waals surface area contributed by atoms with Crippen molar-refractivity contribution in [2.45, 2.75) is 6.61 Å². The summed E-state index contributed by atoms with van der Waals surface area (Å²) in [5.74, 6) is -0.886. The molecule has 0 saturated carbocycles. The number of hydrogen-bond donors (Lipinski definition) is 0. The smallest absolute Gasteiger partial charge is 0.339 e. The van der Waals surface area contributed by atoms with Crippen molar-refractivity contribution in [3.8, 4) is 10.8 Å². The van der Waals surface area contributed by atoms with Crippen LogP contribution in [0.1, 0.15) is 32.0 Å². The summed E-state index contributed by atoms with van der Waals surface area (Å²) in [5, 5.41) is 12.9. The van der Waals surface area contributed by atoms with Crippen molar-refractivity contribution in [3.63, 3.8) is 0 Å². The Hall–Kier alpha value is -3.82. The Morgan fingerprint density at radius 1 is 1.12 bits per heavy atom. The van der Waals surface area contributed by atoms with Crippen LogP contribution in [0.5, 0.6) is 0 Å². The Bertz CT molecular complexity index is 1320. The Labute approximate surface area is 190 Å². The van der Waals surface area contributed by atoms with E-state index < -0.39 is 22.4 Å². The first-order chi connectivity index (χ1) is 15.4. The van der Waals surface area contributed by atoms with Gasteiger partial charge < -0.3 is 9.15 Å². The van der Waals surface area contributed by atoms with E-state index in [2.05, 4.69) is 4.98 Å². The molecule has 2 aromatic carbocycles. The topological polar surface area (TPSA) is 113 Å². The molecule has 0 aliphatic rings. The van der Waals surface area contributed by atoms with Gasteiger partial charge >= 0.3 is 5.97 Å².